The Balaban J connectivity index is 2.19. The molecule has 86 valence electrons. The van der Waals surface area contributed by atoms with Crippen LogP contribution in [0.5, 0.6) is 0 Å². The van der Waals surface area contributed by atoms with E-state index in [4.69, 9.17) is 5.26 Å². The van der Waals surface area contributed by atoms with E-state index in [0.29, 0.717) is 5.56 Å². The Morgan fingerprint density at radius 2 is 1.78 bits per heavy atom. The van der Waals surface area contributed by atoms with Crippen LogP contribution in [0, 0.1) is 17.1 Å². The van der Waals surface area contributed by atoms with Gasteiger partial charge in [-0.15, -0.1) is 0 Å². The second-order valence-corrected chi connectivity index (χ2v) is 4.05. The van der Waals surface area contributed by atoms with Crippen LogP contribution in [0.25, 0.3) is 16.6 Å². The first-order valence-electron chi connectivity index (χ1n) is 5.55. The number of aromatic nitrogens is 1. The maximum Gasteiger partial charge on any atom is 0.123 e. The summed E-state index contributed by atoms with van der Waals surface area (Å²) in [6, 6.07) is 15.9. The summed E-state index contributed by atoms with van der Waals surface area (Å²) in [5.41, 5.74) is 2.54. The molecule has 18 heavy (non-hydrogen) atoms. The zero-order valence-corrected chi connectivity index (χ0v) is 9.47. The van der Waals surface area contributed by atoms with Crippen molar-refractivity contribution in [3.63, 3.8) is 0 Å². The van der Waals surface area contributed by atoms with Crippen LogP contribution in [0.1, 0.15) is 5.56 Å². The van der Waals surface area contributed by atoms with Crippen LogP contribution in [-0.2, 0) is 0 Å². The Morgan fingerprint density at radius 3 is 2.50 bits per heavy atom. The van der Waals surface area contributed by atoms with E-state index in [-0.39, 0.29) is 5.82 Å². The molecule has 0 saturated heterocycles. The topological polar surface area (TPSA) is 28.7 Å². The van der Waals surface area contributed by atoms with Gasteiger partial charge in [0.05, 0.1) is 17.1 Å². The molecule has 0 spiro atoms. The van der Waals surface area contributed by atoms with Crippen molar-refractivity contribution in [3.8, 4) is 11.8 Å². The van der Waals surface area contributed by atoms with Crippen LogP contribution in [0.15, 0.2) is 54.7 Å². The van der Waals surface area contributed by atoms with Crippen LogP contribution in [0.3, 0.4) is 0 Å². The monoisotopic (exact) mass is 236 g/mol. The van der Waals surface area contributed by atoms with Crippen LogP contribution < -0.4 is 0 Å². The van der Waals surface area contributed by atoms with Crippen molar-refractivity contribution in [2.45, 2.75) is 0 Å². The quantitative estimate of drug-likeness (QED) is 0.634. The van der Waals surface area contributed by atoms with Crippen LogP contribution in [0.4, 0.5) is 4.39 Å². The van der Waals surface area contributed by atoms with Gasteiger partial charge in [-0.05, 0) is 48.5 Å². The number of benzene rings is 2. The molecule has 3 aromatic rings. The highest BCUT2D eigenvalue weighted by atomic mass is 19.1. The number of nitrogens with zero attached hydrogens (tertiary/aromatic N) is 2. The Bertz CT molecular complexity index is 748. The Kier molecular flexibility index (Phi) is 2.35. The normalized spacial score (nSPS) is 10.4. The fraction of sp³-hybridized carbons (Fsp3) is 0. The molecule has 0 aliphatic rings. The minimum Gasteiger partial charge on any atom is -0.317 e. The third-order valence-corrected chi connectivity index (χ3v) is 2.92. The van der Waals surface area contributed by atoms with Gasteiger partial charge < -0.3 is 4.57 Å². The molecule has 1 aromatic heterocycles. The fourth-order valence-corrected chi connectivity index (χ4v) is 2.04. The molecular weight excluding hydrogens is 227 g/mol. The SMILES string of the molecule is N#Cc1ccc2c(ccn2-c2ccc(F)cc2)c1. The molecule has 0 aliphatic heterocycles. The van der Waals surface area contributed by atoms with Crippen molar-refractivity contribution in [1.29, 1.82) is 5.26 Å². The van der Waals surface area contributed by atoms with Crippen molar-refractivity contribution >= 4 is 10.9 Å². The average Bonchev–Trinajstić information content (AvgIpc) is 2.82. The largest absolute Gasteiger partial charge is 0.317 e. The Morgan fingerprint density at radius 1 is 1.00 bits per heavy atom. The van der Waals surface area contributed by atoms with Gasteiger partial charge in [-0.1, -0.05) is 0 Å². The number of fused-ring (bicyclic) bond motifs is 1. The lowest BCUT2D eigenvalue weighted by Gasteiger charge is -2.05. The molecular formula is C15H9FN2. The molecule has 0 aliphatic carbocycles. The number of hydrogen-bond acceptors (Lipinski definition) is 1. The second kappa shape index (κ2) is 4.01. The van der Waals surface area contributed by atoms with Gasteiger partial charge in [-0.25, -0.2) is 4.39 Å². The number of nitriles is 1. The fourth-order valence-electron chi connectivity index (χ4n) is 2.04. The number of hydrogen-bond donors (Lipinski definition) is 0. The minimum atomic E-state index is -0.248. The maximum absolute atomic E-state index is 12.9. The first-order valence-corrected chi connectivity index (χ1v) is 5.55. The highest BCUT2D eigenvalue weighted by Gasteiger charge is 2.04. The summed E-state index contributed by atoms with van der Waals surface area (Å²) in [5.74, 6) is -0.248. The summed E-state index contributed by atoms with van der Waals surface area (Å²) in [7, 11) is 0. The summed E-state index contributed by atoms with van der Waals surface area (Å²) in [6.07, 6.45) is 1.92. The predicted octanol–water partition coefficient (Wildman–Crippen LogP) is 3.64. The average molecular weight is 236 g/mol. The van der Waals surface area contributed by atoms with E-state index in [1.165, 1.54) is 12.1 Å². The van der Waals surface area contributed by atoms with Crippen molar-refractivity contribution in [1.82, 2.24) is 4.57 Å². The van der Waals surface area contributed by atoms with E-state index >= 15 is 0 Å². The van der Waals surface area contributed by atoms with E-state index in [2.05, 4.69) is 6.07 Å². The molecule has 0 bridgehead atoms. The molecule has 2 nitrogen and oxygen atoms in total. The van der Waals surface area contributed by atoms with Gasteiger partial charge in [-0.2, -0.15) is 5.26 Å². The standard InChI is InChI=1S/C15H9FN2/c16-13-2-4-14(5-3-13)18-8-7-12-9-11(10-17)1-6-15(12)18/h1-9H. The Hall–Kier alpha value is -2.60. The van der Waals surface area contributed by atoms with Gasteiger partial charge in [0.15, 0.2) is 0 Å². The highest BCUT2D eigenvalue weighted by Crippen LogP contribution is 2.21. The number of halogens is 1. The van der Waals surface area contributed by atoms with Crippen molar-refractivity contribution < 1.29 is 4.39 Å². The lowest BCUT2D eigenvalue weighted by Crippen LogP contribution is -1.91. The highest BCUT2D eigenvalue weighted by molar-refractivity contribution is 5.83. The molecule has 0 unspecified atom stereocenters. The Labute approximate surface area is 104 Å². The van der Waals surface area contributed by atoms with Crippen molar-refractivity contribution in [2.24, 2.45) is 0 Å². The van der Waals surface area contributed by atoms with Gasteiger partial charge in [0, 0.05) is 17.3 Å². The van der Waals surface area contributed by atoms with Gasteiger partial charge in [0.2, 0.25) is 0 Å². The summed E-state index contributed by atoms with van der Waals surface area (Å²) in [6.45, 7) is 0. The maximum atomic E-state index is 12.9. The van der Waals surface area contributed by atoms with Gasteiger partial charge in [0.25, 0.3) is 0 Å². The second-order valence-electron chi connectivity index (χ2n) is 4.05. The van der Waals surface area contributed by atoms with E-state index in [1.807, 2.05) is 29.0 Å². The predicted molar refractivity (Wildman–Crippen MR) is 67.9 cm³/mol. The third kappa shape index (κ3) is 1.64. The summed E-state index contributed by atoms with van der Waals surface area (Å²) < 4.78 is 14.9. The molecule has 3 rings (SSSR count). The first kappa shape index (κ1) is 10.5. The molecule has 2 aromatic carbocycles. The number of rotatable bonds is 1. The molecule has 1 heterocycles. The summed E-state index contributed by atoms with van der Waals surface area (Å²) in [5, 5.41) is 9.85. The van der Waals surface area contributed by atoms with E-state index in [0.717, 1.165) is 16.6 Å². The molecule has 0 N–H and O–H groups in total. The lowest BCUT2D eigenvalue weighted by molar-refractivity contribution is 0.627. The molecule has 0 amide bonds. The molecule has 0 atom stereocenters. The molecule has 3 heteroatoms. The third-order valence-electron chi connectivity index (χ3n) is 2.92. The van der Waals surface area contributed by atoms with E-state index < -0.39 is 0 Å². The van der Waals surface area contributed by atoms with Crippen LogP contribution >= 0.6 is 0 Å². The van der Waals surface area contributed by atoms with E-state index in [9.17, 15) is 4.39 Å². The summed E-state index contributed by atoms with van der Waals surface area (Å²) in [4.78, 5) is 0. The van der Waals surface area contributed by atoms with Gasteiger partial charge >= 0.3 is 0 Å². The van der Waals surface area contributed by atoms with Crippen LogP contribution in [-0.4, -0.2) is 4.57 Å². The smallest absolute Gasteiger partial charge is 0.123 e. The molecule has 0 fully saturated rings. The summed E-state index contributed by atoms with van der Waals surface area (Å²) >= 11 is 0. The van der Waals surface area contributed by atoms with Crippen molar-refractivity contribution in [2.75, 3.05) is 0 Å². The van der Waals surface area contributed by atoms with Crippen LogP contribution in [0.2, 0.25) is 0 Å². The molecule has 0 radical (unpaired) electrons. The minimum absolute atomic E-state index is 0.248. The van der Waals surface area contributed by atoms with Crippen molar-refractivity contribution in [3.05, 3.63) is 66.1 Å². The molecule has 0 saturated carbocycles. The first-order chi connectivity index (χ1) is 8.78. The zero-order chi connectivity index (χ0) is 12.5. The van der Waals surface area contributed by atoms with Gasteiger partial charge in [0.1, 0.15) is 5.82 Å². The zero-order valence-electron chi connectivity index (χ0n) is 9.47. The lowest BCUT2D eigenvalue weighted by atomic mass is 10.2. The van der Waals surface area contributed by atoms with E-state index in [1.54, 1.807) is 18.2 Å². The van der Waals surface area contributed by atoms with Gasteiger partial charge in [-0.3, -0.25) is 0 Å².